The van der Waals surface area contributed by atoms with Crippen molar-refractivity contribution >= 4 is 5.91 Å². The average molecular weight is 250 g/mol. The van der Waals surface area contributed by atoms with Crippen LogP contribution < -0.4 is 11.1 Å². The quantitative estimate of drug-likeness (QED) is 0.752. The molecule has 5 heteroatoms. The van der Waals surface area contributed by atoms with Gasteiger partial charge in [0, 0.05) is 0 Å². The summed E-state index contributed by atoms with van der Waals surface area (Å²) in [7, 11) is 0. The molecule has 0 aliphatic heterocycles. The van der Waals surface area contributed by atoms with E-state index in [0.717, 1.165) is 25.0 Å². The normalized spacial score (nSPS) is 20.6. The van der Waals surface area contributed by atoms with Gasteiger partial charge in [0.25, 0.3) is 0 Å². The number of hydrogen-bond acceptors (Lipinski definition) is 3. The van der Waals surface area contributed by atoms with Crippen LogP contribution in [0.15, 0.2) is 6.20 Å². The lowest BCUT2D eigenvalue weighted by molar-refractivity contribution is -0.123. The summed E-state index contributed by atoms with van der Waals surface area (Å²) >= 11 is 0. The van der Waals surface area contributed by atoms with Crippen LogP contribution in [0.1, 0.15) is 50.4 Å². The number of H-pyrrole nitrogens is 1. The molecule has 0 aromatic carbocycles. The molecule has 18 heavy (non-hydrogen) atoms. The first kappa shape index (κ1) is 13.1. The van der Waals surface area contributed by atoms with Gasteiger partial charge >= 0.3 is 0 Å². The third-order valence-corrected chi connectivity index (χ3v) is 3.42. The number of fused-ring (bicyclic) bond motifs is 1. The summed E-state index contributed by atoms with van der Waals surface area (Å²) in [5, 5.41) is 10.1. The Labute approximate surface area is 108 Å². The zero-order chi connectivity index (χ0) is 13.1. The minimum Gasteiger partial charge on any atom is -0.346 e. The molecule has 1 aromatic heterocycles. The van der Waals surface area contributed by atoms with Crippen molar-refractivity contribution in [2.24, 2.45) is 11.7 Å². The van der Waals surface area contributed by atoms with Crippen molar-refractivity contribution in [3.63, 3.8) is 0 Å². The van der Waals surface area contributed by atoms with E-state index in [1.165, 1.54) is 5.56 Å². The van der Waals surface area contributed by atoms with Crippen molar-refractivity contribution in [1.82, 2.24) is 15.5 Å². The molecule has 2 rings (SSSR count). The van der Waals surface area contributed by atoms with E-state index in [0.29, 0.717) is 12.3 Å². The molecule has 0 radical (unpaired) electrons. The van der Waals surface area contributed by atoms with Gasteiger partial charge in [0.2, 0.25) is 5.91 Å². The van der Waals surface area contributed by atoms with Crippen LogP contribution in [0.5, 0.6) is 0 Å². The van der Waals surface area contributed by atoms with Gasteiger partial charge in [-0.3, -0.25) is 9.89 Å². The molecule has 1 amide bonds. The lowest BCUT2D eigenvalue weighted by Crippen LogP contribution is -2.43. The van der Waals surface area contributed by atoms with Crippen molar-refractivity contribution in [3.05, 3.63) is 17.5 Å². The second-order valence-electron chi connectivity index (χ2n) is 5.50. The Morgan fingerprint density at radius 1 is 1.67 bits per heavy atom. The van der Waals surface area contributed by atoms with E-state index in [4.69, 9.17) is 5.73 Å². The van der Waals surface area contributed by atoms with E-state index >= 15 is 0 Å². The molecule has 1 aliphatic carbocycles. The summed E-state index contributed by atoms with van der Waals surface area (Å²) in [5.41, 5.74) is 8.15. The molecule has 1 heterocycles. The maximum Gasteiger partial charge on any atom is 0.237 e. The first-order valence-corrected chi connectivity index (χ1v) is 6.66. The molecule has 0 bridgehead atoms. The summed E-state index contributed by atoms with van der Waals surface area (Å²) in [6, 6.07) is -0.375. The van der Waals surface area contributed by atoms with Gasteiger partial charge < -0.3 is 11.1 Å². The summed E-state index contributed by atoms with van der Waals surface area (Å²) in [5.74, 6) is 0.371. The van der Waals surface area contributed by atoms with E-state index in [1.54, 1.807) is 0 Å². The van der Waals surface area contributed by atoms with Crippen LogP contribution in [0.2, 0.25) is 0 Å². The first-order chi connectivity index (χ1) is 8.58. The van der Waals surface area contributed by atoms with E-state index in [-0.39, 0.29) is 11.9 Å². The predicted octanol–water partition coefficient (Wildman–Crippen LogP) is 1.28. The van der Waals surface area contributed by atoms with Crippen LogP contribution in [-0.2, 0) is 11.2 Å². The number of aryl methyl sites for hydroxylation is 1. The topological polar surface area (TPSA) is 83.8 Å². The molecule has 0 saturated carbocycles. The second kappa shape index (κ2) is 5.52. The Hall–Kier alpha value is -1.36. The maximum absolute atomic E-state index is 12.0. The summed E-state index contributed by atoms with van der Waals surface area (Å²) in [6.07, 6.45) is 5.64. The number of hydrogen-bond donors (Lipinski definition) is 3. The van der Waals surface area contributed by atoms with Crippen LogP contribution in [0.25, 0.3) is 0 Å². The zero-order valence-corrected chi connectivity index (χ0v) is 11.1. The fourth-order valence-electron chi connectivity index (χ4n) is 2.50. The summed E-state index contributed by atoms with van der Waals surface area (Å²) in [6.45, 7) is 4.14. The van der Waals surface area contributed by atoms with Crippen molar-refractivity contribution in [1.29, 1.82) is 0 Å². The molecule has 0 saturated heterocycles. The van der Waals surface area contributed by atoms with Crippen LogP contribution >= 0.6 is 0 Å². The van der Waals surface area contributed by atoms with E-state index < -0.39 is 6.04 Å². The molecule has 1 aromatic rings. The molecule has 0 fully saturated rings. The van der Waals surface area contributed by atoms with Gasteiger partial charge in [-0.1, -0.05) is 13.8 Å². The maximum atomic E-state index is 12.0. The van der Waals surface area contributed by atoms with Gasteiger partial charge in [-0.25, -0.2) is 0 Å². The van der Waals surface area contributed by atoms with Crippen molar-refractivity contribution in [2.45, 2.75) is 51.6 Å². The molecule has 2 atom stereocenters. The highest BCUT2D eigenvalue weighted by molar-refractivity contribution is 5.81. The lowest BCUT2D eigenvalue weighted by atomic mass is 9.93. The van der Waals surface area contributed by atoms with Crippen molar-refractivity contribution in [3.8, 4) is 0 Å². The highest BCUT2D eigenvalue weighted by Crippen LogP contribution is 2.27. The highest BCUT2D eigenvalue weighted by atomic mass is 16.2. The van der Waals surface area contributed by atoms with E-state index in [1.807, 2.05) is 6.20 Å². The largest absolute Gasteiger partial charge is 0.346 e. The number of aromatic nitrogens is 2. The molecule has 0 spiro atoms. The Kier molecular flexibility index (Phi) is 4.01. The van der Waals surface area contributed by atoms with Gasteiger partial charge in [0.15, 0.2) is 0 Å². The second-order valence-corrected chi connectivity index (χ2v) is 5.50. The zero-order valence-electron chi connectivity index (χ0n) is 11.1. The number of nitrogens with zero attached hydrogens (tertiary/aromatic N) is 1. The number of aromatic amines is 1. The minimum absolute atomic E-state index is 0.0435. The molecular weight excluding hydrogens is 228 g/mol. The Morgan fingerprint density at radius 3 is 3.17 bits per heavy atom. The molecule has 5 nitrogen and oxygen atoms in total. The number of nitrogens with one attached hydrogen (secondary N) is 2. The van der Waals surface area contributed by atoms with Gasteiger partial charge in [-0.05, 0) is 37.2 Å². The molecule has 4 N–H and O–H groups in total. The van der Waals surface area contributed by atoms with Crippen molar-refractivity contribution < 1.29 is 4.79 Å². The third kappa shape index (κ3) is 2.90. The molecule has 1 aliphatic rings. The Balaban J connectivity index is 1.97. The van der Waals surface area contributed by atoms with E-state index in [9.17, 15) is 4.79 Å². The predicted molar refractivity (Wildman–Crippen MR) is 69.8 cm³/mol. The Bertz CT molecular complexity index is 413. The number of rotatable bonds is 4. The van der Waals surface area contributed by atoms with Gasteiger partial charge in [0.1, 0.15) is 0 Å². The smallest absolute Gasteiger partial charge is 0.237 e. The number of amides is 1. The standard InChI is InChI=1S/C13H22N4O/c1-8(2)6-10(14)13(18)16-11-5-3-4-9-7-15-17-12(9)11/h7-8,10-11H,3-6,14H2,1-2H3,(H,15,17)(H,16,18)/t10-,11?/m0/s1. The summed E-state index contributed by atoms with van der Waals surface area (Å²) in [4.78, 5) is 12.0. The molecule has 100 valence electrons. The number of nitrogens with two attached hydrogens (primary N) is 1. The van der Waals surface area contributed by atoms with Gasteiger partial charge in [0.05, 0.1) is 24.0 Å². The summed E-state index contributed by atoms with van der Waals surface area (Å²) < 4.78 is 0. The fraction of sp³-hybridized carbons (Fsp3) is 0.692. The Morgan fingerprint density at radius 2 is 2.44 bits per heavy atom. The van der Waals surface area contributed by atoms with Crippen LogP contribution in [0, 0.1) is 5.92 Å². The number of carbonyl (C=O) groups is 1. The monoisotopic (exact) mass is 250 g/mol. The average Bonchev–Trinajstić information content (AvgIpc) is 2.77. The fourth-order valence-corrected chi connectivity index (χ4v) is 2.50. The van der Waals surface area contributed by atoms with Crippen molar-refractivity contribution in [2.75, 3.05) is 0 Å². The first-order valence-electron chi connectivity index (χ1n) is 6.66. The van der Waals surface area contributed by atoms with Gasteiger partial charge in [-0.2, -0.15) is 5.10 Å². The van der Waals surface area contributed by atoms with Crippen LogP contribution in [-0.4, -0.2) is 22.1 Å². The molecule has 1 unspecified atom stereocenters. The molecular formula is C13H22N4O. The lowest BCUT2D eigenvalue weighted by Gasteiger charge is -2.24. The van der Waals surface area contributed by atoms with Gasteiger partial charge in [-0.15, -0.1) is 0 Å². The van der Waals surface area contributed by atoms with E-state index in [2.05, 4.69) is 29.4 Å². The SMILES string of the molecule is CC(C)C[C@H](N)C(=O)NC1CCCc2cn[nH]c21. The minimum atomic E-state index is -0.418. The third-order valence-electron chi connectivity index (χ3n) is 3.42. The number of carbonyl (C=O) groups excluding carboxylic acids is 1. The van der Waals surface area contributed by atoms with Crippen LogP contribution in [0.4, 0.5) is 0 Å². The van der Waals surface area contributed by atoms with Crippen LogP contribution in [0.3, 0.4) is 0 Å². The highest BCUT2D eigenvalue weighted by Gasteiger charge is 2.25.